The summed E-state index contributed by atoms with van der Waals surface area (Å²) in [5.41, 5.74) is 1.35. The van der Waals surface area contributed by atoms with E-state index in [-0.39, 0.29) is 11.7 Å². The fourth-order valence-electron chi connectivity index (χ4n) is 4.40. The Balaban J connectivity index is 1.82. The molecule has 0 unspecified atom stereocenters. The van der Waals surface area contributed by atoms with Gasteiger partial charge in [-0.2, -0.15) is 0 Å². The van der Waals surface area contributed by atoms with Crippen molar-refractivity contribution in [2.75, 3.05) is 5.32 Å². The minimum atomic E-state index is 0.0184. The number of nitrogens with one attached hydrogen (secondary N) is 1. The number of rotatable bonds is 22. The van der Waals surface area contributed by atoms with Crippen molar-refractivity contribution in [3.8, 4) is 0 Å². The highest BCUT2D eigenvalue weighted by Gasteiger charge is 2.05. The summed E-state index contributed by atoms with van der Waals surface area (Å²) in [4.78, 5) is 23.5. The van der Waals surface area contributed by atoms with Gasteiger partial charge in [0.1, 0.15) is 0 Å². The number of carbonyl (C=O) groups is 2. The third-order valence-corrected chi connectivity index (χ3v) is 6.56. The van der Waals surface area contributed by atoms with Gasteiger partial charge < -0.3 is 5.32 Å². The van der Waals surface area contributed by atoms with Crippen molar-refractivity contribution in [3.63, 3.8) is 0 Å². The number of Topliss-reactive ketones (excluding diaryl/α,β-unsaturated/α-hetero) is 1. The molecule has 0 bridgehead atoms. The lowest BCUT2D eigenvalue weighted by Gasteiger charge is -2.06. The number of hydrogen-bond donors (Lipinski definition) is 1. The Morgan fingerprint density at radius 1 is 0.636 bits per heavy atom. The Morgan fingerprint density at radius 2 is 1.06 bits per heavy atom. The van der Waals surface area contributed by atoms with E-state index in [0.717, 1.165) is 12.8 Å². The molecule has 1 N–H and O–H groups in total. The summed E-state index contributed by atoms with van der Waals surface area (Å²) in [5.74, 6) is 0.0626. The van der Waals surface area contributed by atoms with Crippen LogP contribution in [0.4, 0.5) is 5.69 Å². The van der Waals surface area contributed by atoms with Crippen LogP contribution in [0.15, 0.2) is 24.3 Å². The Bertz CT molecular complexity index is 625. The third kappa shape index (κ3) is 17.5. The summed E-state index contributed by atoms with van der Waals surface area (Å²) in [5, 5.41) is 2.90. The molecule has 0 aromatic heterocycles. The van der Waals surface area contributed by atoms with Crippen LogP contribution in [-0.2, 0) is 4.79 Å². The average Bonchev–Trinajstić information content (AvgIpc) is 2.80. The van der Waals surface area contributed by atoms with Crippen molar-refractivity contribution in [2.24, 2.45) is 0 Å². The normalized spacial score (nSPS) is 11.0. The van der Waals surface area contributed by atoms with Crippen molar-refractivity contribution < 1.29 is 9.59 Å². The molecule has 3 heteroatoms. The predicted octanol–water partition coefficient (Wildman–Crippen LogP) is 9.65. The summed E-state index contributed by atoms with van der Waals surface area (Å²) in [6.07, 6.45) is 26.3. The Morgan fingerprint density at radius 3 is 1.48 bits per heavy atom. The van der Waals surface area contributed by atoms with Crippen molar-refractivity contribution in [1.29, 1.82) is 0 Å². The van der Waals surface area contributed by atoms with Gasteiger partial charge in [0.2, 0.25) is 5.91 Å². The minimum Gasteiger partial charge on any atom is -0.326 e. The Hall–Kier alpha value is -1.64. The number of ketones is 1. The summed E-state index contributed by atoms with van der Waals surface area (Å²) in [6.45, 7) is 3.83. The second-order valence-electron chi connectivity index (χ2n) is 9.80. The maximum absolute atomic E-state index is 12.1. The second kappa shape index (κ2) is 20.9. The first kappa shape index (κ1) is 29.4. The highest BCUT2D eigenvalue weighted by Crippen LogP contribution is 2.15. The van der Waals surface area contributed by atoms with Gasteiger partial charge in [0.15, 0.2) is 5.78 Å². The zero-order valence-electron chi connectivity index (χ0n) is 21.8. The average molecular weight is 458 g/mol. The Labute approximate surface area is 204 Å². The number of amides is 1. The molecule has 0 aliphatic carbocycles. The van der Waals surface area contributed by atoms with Crippen LogP contribution in [0.3, 0.4) is 0 Å². The predicted molar refractivity (Wildman–Crippen MR) is 143 cm³/mol. The van der Waals surface area contributed by atoms with E-state index in [1.165, 1.54) is 109 Å². The fraction of sp³-hybridized carbons (Fsp3) is 0.733. The highest BCUT2D eigenvalue weighted by molar-refractivity contribution is 5.97. The maximum Gasteiger partial charge on any atom is 0.224 e. The van der Waals surface area contributed by atoms with Crippen molar-refractivity contribution in [1.82, 2.24) is 0 Å². The topological polar surface area (TPSA) is 46.2 Å². The number of unbranched alkanes of at least 4 members (excludes halogenated alkanes) is 18. The molecule has 0 aliphatic heterocycles. The van der Waals surface area contributed by atoms with Crippen molar-refractivity contribution in [3.05, 3.63) is 29.8 Å². The molecular weight excluding hydrogens is 406 g/mol. The molecule has 0 saturated carbocycles. The molecule has 0 radical (unpaired) electrons. The van der Waals surface area contributed by atoms with Crippen LogP contribution in [0.25, 0.3) is 0 Å². The second-order valence-corrected chi connectivity index (χ2v) is 9.80. The minimum absolute atomic E-state index is 0.0184. The lowest BCUT2D eigenvalue weighted by molar-refractivity contribution is -0.116. The van der Waals surface area contributed by atoms with E-state index in [9.17, 15) is 9.59 Å². The van der Waals surface area contributed by atoms with Gasteiger partial charge in [0.25, 0.3) is 0 Å². The van der Waals surface area contributed by atoms with E-state index in [1.54, 1.807) is 19.1 Å². The SMILES string of the molecule is CCCCCCCCCCCCCCCCCCCCCC(=O)Nc1cccc(C(C)=O)c1. The molecule has 3 nitrogen and oxygen atoms in total. The van der Waals surface area contributed by atoms with Gasteiger partial charge in [-0.25, -0.2) is 0 Å². The van der Waals surface area contributed by atoms with E-state index in [4.69, 9.17) is 0 Å². The van der Waals surface area contributed by atoms with Crippen molar-refractivity contribution in [2.45, 2.75) is 142 Å². The summed E-state index contributed by atoms with van der Waals surface area (Å²) in [7, 11) is 0. The van der Waals surface area contributed by atoms with Crippen LogP contribution in [-0.4, -0.2) is 11.7 Å². The van der Waals surface area contributed by atoms with E-state index >= 15 is 0 Å². The van der Waals surface area contributed by atoms with Gasteiger partial charge in [-0.15, -0.1) is 0 Å². The Kier molecular flexibility index (Phi) is 18.6. The van der Waals surface area contributed by atoms with E-state index in [1.807, 2.05) is 12.1 Å². The standard InChI is InChI=1S/C30H51NO2/c1-3-4-5-6-7-8-9-10-11-12-13-14-15-16-17-18-19-20-21-25-30(33)31-29-24-22-23-28(26-29)27(2)32/h22-24,26H,3-21,25H2,1-2H3,(H,31,33). The molecule has 1 amide bonds. The van der Waals surface area contributed by atoms with E-state index < -0.39 is 0 Å². The van der Waals surface area contributed by atoms with Gasteiger partial charge in [-0.3, -0.25) is 9.59 Å². The van der Waals surface area contributed by atoms with E-state index in [2.05, 4.69) is 12.2 Å². The molecule has 188 valence electrons. The number of benzene rings is 1. The van der Waals surface area contributed by atoms with Crippen LogP contribution >= 0.6 is 0 Å². The zero-order chi connectivity index (χ0) is 24.0. The molecule has 1 aromatic rings. The summed E-state index contributed by atoms with van der Waals surface area (Å²) in [6, 6.07) is 7.16. The van der Waals surface area contributed by atoms with Gasteiger partial charge >= 0.3 is 0 Å². The van der Waals surface area contributed by atoms with E-state index in [0.29, 0.717) is 17.7 Å². The van der Waals surface area contributed by atoms with Crippen LogP contribution in [0, 0.1) is 0 Å². The van der Waals surface area contributed by atoms with Crippen LogP contribution in [0.2, 0.25) is 0 Å². The first-order valence-corrected chi connectivity index (χ1v) is 14.0. The molecule has 0 fully saturated rings. The molecule has 0 saturated heterocycles. The number of carbonyl (C=O) groups excluding carboxylic acids is 2. The highest BCUT2D eigenvalue weighted by atomic mass is 16.1. The maximum atomic E-state index is 12.1. The molecule has 0 spiro atoms. The molecular formula is C30H51NO2. The van der Waals surface area contributed by atoms with Gasteiger partial charge in [-0.1, -0.05) is 135 Å². The first-order valence-electron chi connectivity index (χ1n) is 14.0. The summed E-state index contributed by atoms with van der Waals surface area (Å²) >= 11 is 0. The van der Waals surface area contributed by atoms with Crippen LogP contribution in [0.1, 0.15) is 153 Å². The fourth-order valence-corrected chi connectivity index (χ4v) is 4.40. The zero-order valence-corrected chi connectivity index (χ0v) is 21.8. The molecule has 0 atom stereocenters. The van der Waals surface area contributed by atoms with Crippen LogP contribution < -0.4 is 5.32 Å². The van der Waals surface area contributed by atoms with Crippen molar-refractivity contribution >= 4 is 17.4 Å². The third-order valence-electron chi connectivity index (χ3n) is 6.56. The summed E-state index contributed by atoms with van der Waals surface area (Å²) < 4.78 is 0. The largest absolute Gasteiger partial charge is 0.326 e. The number of anilines is 1. The van der Waals surface area contributed by atoms with Gasteiger partial charge in [0, 0.05) is 17.7 Å². The lowest BCUT2D eigenvalue weighted by Crippen LogP contribution is -2.11. The van der Waals surface area contributed by atoms with Gasteiger partial charge in [0.05, 0.1) is 0 Å². The molecule has 33 heavy (non-hydrogen) atoms. The molecule has 1 rings (SSSR count). The molecule has 1 aromatic carbocycles. The smallest absolute Gasteiger partial charge is 0.224 e. The number of hydrogen-bond acceptors (Lipinski definition) is 2. The van der Waals surface area contributed by atoms with Crippen LogP contribution in [0.5, 0.6) is 0 Å². The first-order chi connectivity index (χ1) is 16.1. The quantitative estimate of drug-likeness (QED) is 0.139. The monoisotopic (exact) mass is 457 g/mol. The molecule has 0 heterocycles. The van der Waals surface area contributed by atoms with Gasteiger partial charge in [-0.05, 0) is 25.5 Å². The molecule has 0 aliphatic rings. The lowest BCUT2D eigenvalue weighted by atomic mass is 10.0.